The van der Waals surface area contributed by atoms with E-state index in [9.17, 15) is 4.79 Å². The zero-order valence-electron chi connectivity index (χ0n) is 14.3. The first kappa shape index (κ1) is 16.4. The quantitative estimate of drug-likeness (QED) is 0.846. The molecule has 1 aromatic heterocycles. The second-order valence-corrected chi connectivity index (χ2v) is 5.99. The largest absolute Gasteiger partial charge is 0.493 e. The number of hydrogen-bond acceptors (Lipinski definition) is 4. The third-order valence-corrected chi connectivity index (χ3v) is 4.66. The second-order valence-electron chi connectivity index (χ2n) is 5.99. The van der Waals surface area contributed by atoms with Crippen LogP contribution in [0.15, 0.2) is 36.9 Å². The van der Waals surface area contributed by atoms with E-state index in [0.29, 0.717) is 11.5 Å². The van der Waals surface area contributed by atoms with Crippen LogP contribution < -0.4 is 9.47 Å². The number of ether oxygens (including phenoxy) is 2. The van der Waals surface area contributed by atoms with E-state index in [1.165, 1.54) is 0 Å². The van der Waals surface area contributed by atoms with Gasteiger partial charge in [-0.2, -0.15) is 0 Å². The second kappa shape index (κ2) is 6.95. The number of carbonyl (C=O) groups is 1. The zero-order valence-corrected chi connectivity index (χ0v) is 14.3. The summed E-state index contributed by atoms with van der Waals surface area (Å²) in [6.07, 6.45) is 7.16. The van der Waals surface area contributed by atoms with Gasteiger partial charge in [0, 0.05) is 18.9 Å². The summed E-state index contributed by atoms with van der Waals surface area (Å²) in [6.45, 7) is 2.69. The molecule has 2 heterocycles. The van der Waals surface area contributed by atoms with Gasteiger partial charge < -0.3 is 18.9 Å². The summed E-state index contributed by atoms with van der Waals surface area (Å²) in [5.41, 5.74) is 1.08. The Morgan fingerprint density at radius 3 is 2.75 bits per heavy atom. The van der Waals surface area contributed by atoms with Gasteiger partial charge in [-0.15, -0.1) is 0 Å². The number of carbonyl (C=O) groups excluding carboxylic acids is 1. The summed E-state index contributed by atoms with van der Waals surface area (Å²) in [5.74, 6) is 1.51. The average molecular weight is 329 g/mol. The Labute approximate surface area is 142 Å². The summed E-state index contributed by atoms with van der Waals surface area (Å²) in [5, 5.41) is 0. The van der Waals surface area contributed by atoms with Gasteiger partial charge in [-0.25, -0.2) is 4.98 Å². The summed E-state index contributed by atoms with van der Waals surface area (Å²) < 4.78 is 12.5. The number of aromatic nitrogens is 2. The maximum absolute atomic E-state index is 12.9. The molecule has 24 heavy (non-hydrogen) atoms. The third-order valence-electron chi connectivity index (χ3n) is 4.66. The molecular weight excluding hydrogens is 306 g/mol. The fourth-order valence-electron chi connectivity index (χ4n) is 3.30. The smallest absolute Gasteiger partial charge is 0.245 e. The van der Waals surface area contributed by atoms with E-state index in [0.717, 1.165) is 24.9 Å². The number of methoxy groups -OCH3 is 2. The molecule has 3 rings (SSSR count). The van der Waals surface area contributed by atoms with Crippen molar-refractivity contribution >= 4 is 5.91 Å². The number of rotatable bonds is 5. The lowest BCUT2D eigenvalue weighted by molar-refractivity contribution is -0.135. The Morgan fingerprint density at radius 1 is 1.29 bits per heavy atom. The first-order valence-electron chi connectivity index (χ1n) is 8.15. The third kappa shape index (κ3) is 2.96. The van der Waals surface area contributed by atoms with E-state index in [1.54, 1.807) is 26.7 Å². The van der Waals surface area contributed by atoms with Gasteiger partial charge in [0.15, 0.2) is 11.5 Å². The minimum Gasteiger partial charge on any atom is -0.493 e. The molecule has 0 aliphatic carbocycles. The highest BCUT2D eigenvalue weighted by Crippen LogP contribution is 2.37. The molecule has 1 fully saturated rings. The van der Waals surface area contributed by atoms with E-state index in [2.05, 4.69) is 4.98 Å². The zero-order chi connectivity index (χ0) is 17.1. The first-order valence-corrected chi connectivity index (χ1v) is 8.15. The molecule has 2 atom stereocenters. The Balaban J connectivity index is 1.84. The van der Waals surface area contributed by atoms with E-state index in [4.69, 9.17) is 9.47 Å². The summed E-state index contributed by atoms with van der Waals surface area (Å²) in [6, 6.07) is 5.70. The Bertz CT molecular complexity index is 700. The fourth-order valence-corrected chi connectivity index (χ4v) is 3.30. The average Bonchev–Trinajstić information content (AvgIpc) is 3.31. The molecule has 128 valence electrons. The minimum atomic E-state index is -0.256. The molecule has 6 heteroatoms. The van der Waals surface area contributed by atoms with Gasteiger partial charge in [-0.05, 0) is 37.5 Å². The predicted molar refractivity (Wildman–Crippen MR) is 90.2 cm³/mol. The fraction of sp³-hybridized carbons (Fsp3) is 0.444. The molecule has 0 N–H and O–H groups in total. The maximum Gasteiger partial charge on any atom is 0.245 e. The lowest BCUT2D eigenvalue weighted by Gasteiger charge is -2.28. The van der Waals surface area contributed by atoms with Crippen LogP contribution in [-0.4, -0.2) is 41.1 Å². The van der Waals surface area contributed by atoms with Gasteiger partial charge in [0.25, 0.3) is 0 Å². The predicted octanol–water partition coefficient (Wildman–Crippen LogP) is 2.83. The van der Waals surface area contributed by atoms with E-state index in [1.807, 2.05) is 40.8 Å². The highest BCUT2D eigenvalue weighted by Gasteiger charge is 2.33. The molecule has 1 aliphatic rings. The van der Waals surface area contributed by atoms with Crippen molar-refractivity contribution in [2.24, 2.45) is 0 Å². The monoisotopic (exact) mass is 329 g/mol. The van der Waals surface area contributed by atoms with Crippen molar-refractivity contribution in [2.45, 2.75) is 31.8 Å². The number of imidazole rings is 1. The molecule has 1 aromatic carbocycles. The van der Waals surface area contributed by atoms with Crippen LogP contribution >= 0.6 is 0 Å². The number of nitrogens with zero attached hydrogens (tertiary/aromatic N) is 3. The maximum atomic E-state index is 12.9. The number of benzene rings is 1. The highest BCUT2D eigenvalue weighted by atomic mass is 16.5. The van der Waals surface area contributed by atoms with Crippen molar-refractivity contribution < 1.29 is 14.3 Å². The molecule has 0 spiro atoms. The normalized spacial score (nSPS) is 18.5. The highest BCUT2D eigenvalue weighted by molar-refractivity contribution is 5.81. The van der Waals surface area contributed by atoms with Crippen LogP contribution in [0.1, 0.15) is 37.4 Å². The summed E-state index contributed by atoms with van der Waals surface area (Å²) in [4.78, 5) is 18.9. The number of amides is 1. The van der Waals surface area contributed by atoms with Crippen LogP contribution in [0.2, 0.25) is 0 Å². The van der Waals surface area contributed by atoms with Crippen LogP contribution in [0.25, 0.3) is 0 Å². The SMILES string of the molecule is COc1ccc([C@H]2CCCN2C(=O)[C@H](C)n2ccnc2)cc1OC. The van der Waals surface area contributed by atoms with Gasteiger partial charge in [-0.3, -0.25) is 4.79 Å². The topological polar surface area (TPSA) is 56.6 Å². The molecule has 1 aliphatic heterocycles. The molecule has 0 bridgehead atoms. The molecular formula is C18H23N3O3. The van der Waals surface area contributed by atoms with Gasteiger partial charge in [0.2, 0.25) is 5.91 Å². The van der Waals surface area contributed by atoms with Crippen LogP contribution in [-0.2, 0) is 4.79 Å². The lowest BCUT2D eigenvalue weighted by Crippen LogP contribution is -2.35. The Morgan fingerprint density at radius 2 is 2.08 bits per heavy atom. The number of hydrogen-bond donors (Lipinski definition) is 0. The van der Waals surface area contributed by atoms with Crippen molar-refractivity contribution in [1.29, 1.82) is 0 Å². The Hall–Kier alpha value is -2.50. The molecule has 1 saturated heterocycles. The standard InChI is InChI=1S/C18H23N3O3/c1-13(20-10-8-19-12-20)18(22)21-9-4-5-15(21)14-6-7-16(23-2)17(11-14)24-3/h6-8,10-13,15H,4-5,9H2,1-3H3/t13-,15+/m0/s1. The van der Waals surface area contributed by atoms with Crippen molar-refractivity contribution in [2.75, 3.05) is 20.8 Å². The van der Waals surface area contributed by atoms with E-state index in [-0.39, 0.29) is 18.0 Å². The molecule has 1 amide bonds. The van der Waals surface area contributed by atoms with Crippen molar-refractivity contribution in [3.05, 3.63) is 42.5 Å². The van der Waals surface area contributed by atoms with Crippen LogP contribution in [0.3, 0.4) is 0 Å². The van der Waals surface area contributed by atoms with Crippen molar-refractivity contribution in [3.63, 3.8) is 0 Å². The molecule has 2 aromatic rings. The summed E-state index contributed by atoms with van der Waals surface area (Å²) in [7, 11) is 3.25. The van der Waals surface area contributed by atoms with Gasteiger partial charge in [0.1, 0.15) is 6.04 Å². The van der Waals surface area contributed by atoms with Gasteiger partial charge in [0.05, 0.1) is 26.6 Å². The van der Waals surface area contributed by atoms with Crippen molar-refractivity contribution in [3.8, 4) is 11.5 Å². The van der Waals surface area contributed by atoms with E-state index >= 15 is 0 Å². The number of likely N-dealkylation sites (tertiary alicyclic amines) is 1. The lowest BCUT2D eigenvalue weighted by atomic mass is 10.0. The molecule has 0 radical (unpaired) electrons. The molecule has 0 saturated carbocycles. The van der Waals surface area contributed by atoms with Crippen LogP contribution in [0, 0.1) is 0 Å². The van der Waals surface area contributed by atoms with Crippen LogP contribution in [0.5, 0.6) is 11.5 Å². The molecule has 0 unspecified atom stereocenters. The van der Waals surface area contributed by atoms with Crippen molar-refractivity contribution in [1.82, 2.24) is 14.5 Å². The van der Waals surface area contributed by atoms with E-state index < -0.39 is 0 Å². The summed E-state index contributed by atoms with van der Waals surface area (Å²) >= 11 is 0. The Kier molecular flexibility index (Phi) is 4.74. The van der Waals surface area contributed by atoms with Crippen LogP contribution in [0.4, 0.5) is 0 Å². The molecule has 6 nitrogen and oxygen atoms in total. The van der Waals surface area contributed by atoms with Gasteiger partial charge >= 0.3 is 0 Å². The van der Waals surface area contributed by atoms with Gasteiger partial charge in [-0.1, -0.05) is 6.07 Å². The first-order chi connectivity index (χ1) is 11.7. The minimum absolute atomic E-state index is 0.0725.